The highest BCUT2D eigenvalue weighted by atomic mass is 32.1. The molecule has 0 saturated carbocycles. The summed E-state index contributed by atoms with van der Waals surface area (Å²) in [6.45, 7) is 3.55. The third kappa shape index (κ3) is 2.38. The lowest BCUT2D eigenvalue weighted by atomic mass is 9.84. The Balaban J connectivity index is 1.58. The van der Waals surface area contributed by atoms with Gasteiger partial charge in [-0.1, -0.05) is 11.3 Å². The van der Waals surface area contributed by atoms with Crippen LogP contribution in [0.1, 0.15) is 19.3 Å². The molecule has 0 bridgehead atoms. The molecule has 0 radical (unpaired) electrons. The van der Waals surface area contributed by atoms with Crippen molar-refractivity contribution < 1.29 is 0 Å². The van der Waals surface area contributed by atoms with Gasteiger partial charge in [0.2, 0.25) is 0 Å². The highest BCUT2D eigenvalue weighted by Gasteiger charge is 2.34. The minimum absolute atomic E-state index is 0.778. The molecule has 1 aromatic heterocycles. The second kappa shape index (κ2) is 5.14. The van der Waals surface area contributed by atoms with Crippen molar-refractivity contribution in [1.29, 1.82) is 0 Å². The third-order valence-corrected chi connectivity index (χ3v) is 6.10. The zero-order chi connectivity index (χ0) is 14.4. The zero-order valence-corrected chi connectivity index (χ0v) is 13.3. The molecule has 21 heavy (non-hydrogen) atoms. The molecule has 2 aliphatic rings. The Morgan fingerprint density at radius 1 is 1.29 bits per heavy atom. The summed E-state index contributed by atoms with van der Waals surface area (Å²) in [6.07, 6.45) is 3.96. The molecule has 2 aliphatic heterocycles. The fourth-order valence-electron chi connectivity index (χ4n) is 3.89. The summed E-state index contributed by atoms with van der Waals surface area (Å²) in [7, 11) is 2.28. The molecule has 0 amide bonds. The molecule has 5 heteroatoms. The van der Waals surface area contributed by atoms with Crippen molar-refractivity contribution in [3.05, 3.63) is 18.2 Å². The van der Waals surface area contributed by atoms with Gasteiger partial charge in [-0.3, -0.25) is 0 Å². The highest BCUT2D eigenvalue weighted by molar-refractivity contribution is 7.22. The number of nitrogens with zero attached hydrogens (tertiary/aromatic N) is 3. The van der Waals surface area contributed by atoms with Crippen molar-refractivity contribution >= 4 is 32.4 Å². The van der Waals surface area contributed by atoms with Gasteiger partial charge in [-0.15, -0.1) is 0 Å². The third-order valence-electron chi connectivity index (χ3n) is 5.02. The molecule has 3 heterocycles. The van der Waals surface area contributed by atoms with E-state index < -0.39 is 0 Å². The van der Waals surface area contributed by atoms with Crippen LogP contribution in [0, 0.1) is 5.92 Å². The predicted molar refractivity (Wildman–Crippen MR) is 90.0 cm³/mol. The maximum Gasteiger partial charge on any atom is 0.186 e. The quantitative estimate of drug-likeness (QED) is 0.823. The molecule has 2 N–H and O–H groups in total. The van der Waals surface area contributed by atoms with Gasteiger partial charge < -0.3 is 15.5 Å². The van der Waals surface area contributed by atoms with Crippen LogP contribution in [0.4, 0.5) is 10.8 Å². The largest absolute Gasteiger partial charge is 0.399 e. The van der Waals surface area contributed by atoms with Gasteiger partial charge >= 0.3 is 0 Å². The van der Waals surface area contributed by atoms with Crippen LogP contribution in [0.3, 0.4) is 0 Å². The maximum absolute atomic E-state index is 5.87. The molecule has 2 aromatic rings. The number of likely N-dealkylation sites (tertiary alicyclic amines) is 1. The SMILES string of the molecule is CN1CCCC2CN(c3nc4ccc(N)cc4s3)CCC21. The number of anilines is 2. The molecule has 0 aliphatic carbocycles. The summed E-state index contributed by atoms with van der Waals surface area (Å²) in [5.41, 5.74) is 7.77. The fraction of sp³-hybridized carbons (Fsp3) is 0.562. The van der Waals surface area contributed by atoms with Gasteiger partial charge in [-0.05, 0) is 57.0 Å². The van der Waals surface area contributed by atoms with Crippen LogP contribution >= 0.6 is 11.3 Å². The molecule has 2 saturated heterocycles. The second-order valence-electron chi connectivity index (χ2n) is 6.41. The fourth-order valence-corrected chi connectivity index (χ4v) is 4.94. The molecular formula is C16H22N4S. The minimum Gasteiger partial charge on any atom is -0.399 e. The Hall–Kier alpha value is -1.33. The van der Waals surface area contributed by atoms with Gasteiger partial charge in [0.25, 0.3) is 0 Å². The molecule has 2 atom stereocenters. The smallest absolute Gasteiger partial charge is 0.186 e. The molecule has 4 rings (SSSR count). The van der Waals surface area contributed by atoms with Gasteiger partial charge in [-0.2, -0.15) is 0 Å². The number of hydrogen-bond acceptors (Lipinski definition) is 5. The summed E-state index contributed by atoms with van der Waals surface area (Å²) in [5, 5.41) is 1.17. The average molecular weight is 302 g/mol. The summed E-state index contributed by atoms with van der Waals surface area (Å²) in [5.74, 6) is 0.801. The van der Waals surface area contributed by atoms with Crippen LogP contribution < -0.4 is 10.6 Å². The molecule has 0 spiro atoms. The van der Waals surface area contributed by atoms with E-state index in [9.17, 15) is 0 Å². The van der Waals surface area contributed by atoms with Gasteiger partial charge in [0.05, 0.1) is 10.2 Å². The molecule has 4 nitrogen and oxygen atoms in total. The summed E-state index contributed by atoms with van der Waals surface area (Å²) >= 11 is 1.78. The summed E-state index contributed by atoms with van der Waals surface area (Å²) in [6, 6.07) is 6.79. The van der Waals surface area contributed by atoms with E-state index in [1.54, 1.807) is 11.3 Å². The van der Waals surface area contributed by atoms with E-state index in [4.69, 9.17) is 10.7 Å². The standard InChI is InChI=1S/C16H22N4S/c1-19-7-2-3-11-10-20(8-6-14(11)19)16-18-13-5-4-12(17)9-15(13)21-16/h4-5,9,11,14H,2-3,6-8,10,17H2,1H3. The number of rotatable bonds is 1. The van der Waals surface area contributed by atoms with Crippen LogP contribution in [-0.4, -0.2) is 42.6 Å². The number of fused-ring (bicyclic) bond motifs is 2. The Bertz CT molecular complexity index is 653. The zero-order valence-electron chi connectivity index (χ0n) is 12.5. The van der Waals surface area contributed by atoms with Crippen LogP contribution in [0.25, 0.3) is 10.2 Å². The van der Waals surface area contributed by atoms with E-state index in [0.717, 1.165) is 36.3 Å². The second-order valence-corrected chi connectivity index (χ2v) is 7.42. The van der Waals surface area contributed by atoms with Crippen LogP contribution in [0.2, 0.25) is 0 Å². The Morgan fingerprint density at radius 2 is 2.19 bits per heavy atom. The van der Waals surface area contributed by atoms with Crippen molar-refractivity contribution in [2.75, 3.05) is 37.3 Å². The lowest BCUT2D eigenvalue weighted by molar-refractivity contribution is 0.102. The number of aromatic nitrogens is 1. The highest BCUT2D eigenvalue weighted by Crippen LogP contribution is 2.35. The number of hydrogen-bond donors (Lipinski definition) is 1. The first-order chi connectivity index (χ1) is 10.2. The topological polar surface area (TPSA) is 45.4 Å². The lowest BCUT2D eigenvalue weighted by Crippen LogP contribution is -2.52. The summed E-state index contributed by atoms with van der Waals surface area (Å²) < 4.78 is 1.20. The van der Waals surface area contributed by atoms with Crippen molar-refractivity contribution in [2.45, 2.75) is 25.3 Å². The first-order valence-electron chi connectivity index (χ1n) is 7.82. The van der Waals surface area contributed by atoms with Gasteiger partial charge in [-0.25, -0.2) is 4.98 Å². The lowest BCUT2D eigenvalue weighted by Gasteiger charge is -2.45. The monoisotopic (exact) mass is 302 g/mol. The molecule has 2 unspecified atom stereocenters. The minimum atomic E-state index is 0.778. The van der Waals surface area contributed by atoms with E-state index in [1.807, 2.05) is 18.2 Å². The van der Waals surface area contributed by atoms with Crippen molar-refractivity contribution in [2.24, 2.45) is 5.92 Å². The number of nitrogen functional groups attached to an aromatic ring is 1. The van der Waals surface area contributed by atoms with Gasteiger partial charge in [0, 0.05) is 24.8 Å². The van der Waals surface area contributed by atoms with Crippen molar-refractivity contribution in [1.82, 2.24) is 9.88 Å². The summed E-state index contributed by atoms with van der Waals surface area (Å²) in [4.78, 5) is 9.86. The predicted octanol–water partition coefficient (Wildman–Crippen LogP) is 2.80. The van der Waals surface area contributed by atoms with Crippen LogP contribution in [-0.2, 0) is 0 Å². The van der Waals surface area contributed by atoms with Crippen LogP contribution in [0.5, 0.6) is 0 Å². The average Bonchev–Trinajstić information content (AvgIpc) is 2.90. The normalized spacial score (nSPS) is 27.0. The molecule has 112 valence electrons. The first kappa shape index (κ1) is 13.3. The Labute approximate surface area is 129 Å². The van der Waals surface area contributed by atoms with E-state index in [1.165, 1.54) is 35.6 Å². The van der Waals surface area contributed by atoms with Gasteiger partial charge in [0.15, 0.2) is 5.13 Å². The molecule has 1 aromatic carbocycles. The van der Waals surface area contributed by atoms with E-state index in [0.29, 0.717) is 0 Å². The number of nitrogens with two attached hydrogens (primary N) is 1. The van der Waals surface area contributed by atoms with Crippen molar-refractivity contribution in [3.63, 3.8) is 0 Å². The Morgan fingerprint density at radius 3 is 3.10 bits per heavy atom. The maximum atomic E-state index is 5.87. The molecular weight excluding hydrogens is 280 g/mol. The number of benzene rings is 1. The number of piperidine rings is 2. The van der Waals surface area contributed by atoms with Crippen molar-refractivity contribution in [3.8, 4) is 0 Å². The van der Waals surface area contributed by atoms with E-state index >= 15 is 0 Å². The molecule has 2 fully saturated rings. The van der Waals surface area contributed by atoms with E-state index in [2.05, 4.69) is 16.8 Å². The van der Waals surface area contributed by atoms with E-state index in [-0.39, 0.29) is 0 Å². The number of thiazole rings is 1. The van der Waals surface area contributed by atoms with Crippen LogP contribution in [0.15, 0.2) is 18.2 Å². The first-order valence-corrected chi connectivity index (χ1v) is 8.63. The van der Waals surface area contributed by atoms with Gasteiger partial charge in [0.1, 0.15) is 0 Å². The Kier molecular flexibility index (Phi) is 3.27.